The first-order valence-electron chi connectivity index (χ1n) is 9.21. The van der Waals surface area contributed by atoms with Gasteiger partial charge in [0.1, 0.15) is 6.26 Å². The Balaban J connectivity index is 1.29. The van der Waals surface area contributed by atoms with Crippen LogP contribution in [-0.4, -0.2) is 57.5 Å². The molecule has 0 radical (unpaired) electrons. The zero-order chi connectivity index (χ0) is 17.1. The van der Waals surface area contributed by atoms with Crippen molar-refractivity contribution in [3.63, 3.8) is 0 Å². The molecule has 134 valence electrons. The minimum absolute atomic E-state index is 0.0479. The average molecular weight is 343 g/mol. The summed E-state index contributed by atoms with van der Waals surface area (Å²) in [4.78, 5) is 17.1. The minimum atomic E-state index is 0.0479. The first kappa shape index (κ1) is 16.5. The Morgan fingerprint density at radius 3 is 2.64 bits per heavy atom. The summed E-state index contributed by atoms with van der Waals surface area (Å²) in [5.41, 5.74) is 3.46. The van der Waals surface area contributed by atoms with E-state index in [-0.39, 0.29) is 5.56 Å². The molecule has 7 nitrogen and oxygen atoms in total. The maximum absolute atomic E-state index is 12.3. The smallest absolute Gasteiger partial charge is 0.267 e. The monoisotopic (exact) mass is 343 g/mol. The predicted octanol–water partition coefficient (Wildman–Crippen LogP) is 0.928. The van der Waals surface area contributed by atoms with Crippen LogP contribution in [-0.2, 0) is 25.9 Å². The third-order valence-electron chi connectivity index (χ3n) is 5.26. The molecule has 1 fully saturated rings. The summed E-state index contributed by atoms with van der Waals surface area (Å²) in [6.07, 6.45) is 7.87. The van der Waals surface area contributed by atoms with E-state index >= 15 is 0 Å². The molecule has 0 amide bonds. The van der Waals surface area contributed by atoms with E-state index in [9.17, 15) is 4.79 Å². The SMILES string of the molecule is O=c1cc2c(nn1CCN1CCN(Cc3cnoc3)CC1)CCCC2. The van der Waals surface area contributed by atoms with Gasteiger partial charge in [0.15, 0.2) is 0 Å². The van der Waals surface area contributed by atoms with Crippen LogP contribution in [0, 0.1) is 0 Å². The van der Waals surface area contributed by atoms with Gasteiger partial charge in [0.25, 0.3) is 5.56 Å². The molecule has 0 bridgehead atoms. The summed E-state index contributed by atoms with van der Waals surface area (Å²) in [7, 11) is 0. The van der Waals surface area contributed by atoms with Crippen molar-refractivity contribution < 1.29 is 4.52 Å². The fraction of sp³-hybridized carbons (Fsp3) is 0.611. The van der Waals surface area contributed by atoms with Gasteiger partial charge in [0.2, 0.25) is 0 Å². The van der Waals surface area contributed by atoms with E-state index in [1.165, 1.54) is 12.8 Å². The maximum atomic E-state index is 12.3. The van der Waals surface area contributed by atoms with E-state index in [0.717, 1.165) is 68.9 Å². The Kier molecular flexibility index (Phi) is 4.94. The summed E-state index contributed by atoms with van der Waals surface area (Å²) in [6.45, 7) is 6.54. The maximum Gasteiger partial charge on any atom is 0.267 e. The first-order chi connectivity index (χ1) is 12.3. The average Bonchev–Trinajstić information content (AvgIpc) is 3.14. The fourth-order valence-corrected chi connectivity index (χ4v) is 3.73. The Labute approximate surface area is 147 Å². The lowest BCUT2D eigenvalue weighted by Gasteiger charge is -2.34. The summed E-state index contributed by atoms with van der Waals surface area (Å²) < 4.78 is 6.55. The second-order valence-corrected chi connectivity index (χ2v) is 7.04. The molecule has 7 heteroatoms. The molecule has 2 aromatic heterocycles. The molecule has 2 aromatic rings. The van der Waals surface area contributed by atoms with Gasteiger partial charge >= 0.3 is 0 Å². The number of piperazine rings is 1. The van der Waals surface area contributed by atoms with Crippen LogP contribution in [0.3, 0.4) is 0 Å². The highest BCUT2D eigenvalue weighted by atomic mass is 16.5. The Morgan fingerprint density at radius 2 is 1.84 bits per heavy atom. The van der Waals surface area contributed by atoms with E-state index in [1.807, 2.05) is 0 Å². The van der Waals surface area contributed by atoms with Crippen LogP contribution in [0.1, 0.15) is 29.7 Å². The molecule has 1 aliphatic heterocycles. The minimum Gasteiger partial charge on any atom is -0.364 e. The van der Waals surface area contributed by atoms with Crippen molar-refractivity contribution in [3.05, 3.63) is 45.7 Å². The molecule has 3 heterocycles. The molecule has 1 saturated heterocycles. The van der Waals surface area contributed by atoms with Crippen LogP contribution in [0.25, 0.3) is 0 Å². The molecule has 0 aromatic carbocycles. The summed E-state index contributed by atoms with van der Waals surface area (Å²) >= 11 is 0. The van der Waals surface area contributed by atoms with E-state index < -0.39 is 0 Å². The molecule has 0 saturated carbocycles. The number of fused-ring (bicyclic) bond motifs is 1. The second-order valence-electron chi connectivity index (χ2n) is 7.04. The molecule has 0 N–H and O–H groups in total. The predicted molar refractivity (Wildman–Crippen MR) is 93.4 cm³/mol. The van der Waals surface area contributed by atoms with Gasteiger partial charge in [-0.2, -0.15) is 5.10 Å². The van der Waals surface area contributed by atoms with E-state index in [2.05, 4.69) is 20.1 Å². The van der Waals surface area contributed by atoms with Crippen LogP contribution >= 0.6 is 0 Å². The van der Waals surface area contributed by atoms with Crippen molar-refractivity contribution in [2.45, 2.75) is 38.8 Å². The zero-order valence-electron chi connectivity index (χ0n) is 14.6. The van der Waals surface area contributed by atoms with Crippen LogP contribution in [0.4, 0.5) is 0 Å². The van der Waals surface area contributed by atoms with Crippen LogP contribution in [0.15, 0.2) is 27.8 Å². The summed E-state index contributed by atoms with van der Waals surface area (Å²) in [6, 6.07) is 1.80. The molecule has 0 atom stereocenters. The van der Waals surface area contributed by atoms with Gasteiger partial charge in [-0.1, -0.05) is 5.16 Å². The number of nitrogens with zero attached hydrogens (tertiary/aromatic N) is 5. The van der Waals surface area contributed by atoms with Crippen molar-refractivity contribution in [2.24, 2.45) is 0 Å². The molecular formula is C18H25N5O2. The van der Waals surface area contributed by atoms with E-state index in [4.69, 9.17) is 4.52 Å². The number of rotatable bonds is 5. The molecule has 4 rings (SSSR count). The molecule has 25 heavy (non-hydrogen) atoms. The highest BCUT2D eigenvalue weighted by Crippen LogP contribution is 2.16. The lowest BCUT2D eigenvalue weighted by atomic mass is 9.97. The third-order valence-corrected chi connectivity index (χ3v) is 5.26. The number of aromatic nitrogens is 3. The first-order valence-corrected chi connectivity index (χ1v) is 9.21. The van der Waals surface area contributed by atoms with Gasteiger partial charge in [-0.3, -0.25) is 14.6 Å². The van der Waals surface area contributed by atoms with Gasteiger partial charge in [0.05, 0.1) is 18.4 Å². The van der Waals surface area contributed by atoms with Crippen LogP contribution in [0.5, 0.6) is 0 Å². The Hall–Kier alpha value is -1.99. The molecular weight excluding hydrogens is 318 g/mol. The topological polar surface area (TPSA) is 67.4 Å². The largest absolute Gasteiger partial charge is 0.364 e. The van der Waals surface area contributed by atoms with Crippen molar-refractivity contribution in [2.75, 3.05) is 32.7 Å². The van der Waals surface area contributed by atoms with Crippen molar-refractivity contribution in [1.29, 1.82) is 0 Å². The summed E-state index contributed by atoms with van der Waals surface area (Å²) in [5, 5.41) is 8.36. The van der Waals surface area contributed by atoms with Gasteiger partial charge < -0.3 is 4.52 Å². The van der Waals surface area contributed by atoms with E-state index in [1.54, 1.807) is 23.2 Å². The van der Waals surface area contributed by atoms with Gasteiger partial charge in [0, 0.05) is 50.9 Å². The highest BCUT2D eigenvalue weighted by molar-refractivity contribution is 5.20. The van der Waals surface area contributed by atoms with Gasteiger partial charge in [-0.25, -0.2) is 4.68 Å². The lowest BCUT2D eigenvalue weighted by molar-refractivity contribution is 0.122. The van der Waals surface area contributed by atoms with Crippen molar-refractivity contribution >= 4 is 0 Å². The zero-order valence-corrected chi connectivity index (χ0v) is 14.6. The molecule has 0 spiro atoms. The van der Waals surface area contributed by atoms with Gasteiger partial charge in [-0.15, -0.1) is 0 Å². The second kappa shape index (κ2) is 7.49. The quantitative estimate of drug-likeness (QED) is 0.804. The molecule has 0 unspecified atom stereocenters. The Morgan fingerprint density at radius 1 is 1.04 bits per heavy atom. The molecule has 2 aliphatic rings. The van der Waals surface area contributed by atoms with Crippen molar-refractivity contribution in [3.8, 4) is 0 Å². The number of hydrogen-bond donors (Lipinski definition) is 0. The number of aryl methyl sites for hydroxylation is 2. The van der Waals surface area contributed by atoms with E-state index in [0.29, 0.717) is 6.54 Å². The number of hydrogen-bond acceptors (Lipinski definition) is 6. The fourth-order valence-electron chi connectivity index (χ4n) is 3.73. The van der Waals surface area contributed by atoms with Crippen molar-refractivity contribution in [1.82, 2.24) is 24.7 Å². The normalized spacial score (nSPS) is 19.0. The Bertz CT molecular complexity index is 747. The summed E-state index contributed by atoms with van der Waals surface area (Å²) in [5.74, 6) is 0. The lowest BCUT2D eigenvalue weighted by Crippen LogP contribution is -2.47. The van der Waals surface area contributed by atoms with Crippen LogP contribution < -0.4 is 5.56 Å². The standard InChI is InChI=1S/C18H25N5O2/c24-18-11-16-3-1-2-4-17(16)20-23(18)10-9-21-5-7-22(8-6-21)13-15-12-19-25-14-15/h11-12,14H,1-10,13H2. The van der Waals surface area contributed by atoms with Crippen LogP contribution in [0.2, 0.25) is 0 Å². The van der Waals surface area contributed by atoms with Gasteiger partial charge in [-0.05, 0) is 31.2 Å². The highest BCUT2D eigenvalue weighted by Gasteiger charge is 2.18. The third kappa shape index (κ3) is 3.99. The molecule has 1 aliphatic carbocycles.